The number of aryl methyl sites for hydroxylation is 1. The summed E-state index contributed by atoms with van der Waals surface area (Å²) in [6.45, 7) is 6.22. The number of nitrogens with zero attached hydrogens (tertiary/aromatic N) is 3. The lowest BCUT2D eigenvalue weighted by molar-refractivity contribution is -0.384. The summed E-state index contributed by atoms with van der Waals surface area (Å²) >= 11 is 0. The lowest BCUT2D eigenvalue weighted by Gasteiger charge is -2.23. The zero-order valence-electron chi connectivity index (χ0n) is 18.4. The van der Waals surface area contributed by atoms with Crippen molar-refractivity contribution in [3.63, 3.8) is 0 Å². The zero-order chi connectivity index (χ0) is 22.7. The largest absolute Gasteiger partial charge is 0.444 e. The molecule has 1 atom stereocenters. The molecule has 2 aromatic rings. The third-order valence-corrected chi connectivity index (χ3v) is 3.60. The monoisotopic (exact) mass is 375 g/mol. The van der Waals surface area contributed by atoms with E-state index in [1.54, 1.807) is 51.1 Å². The lowest BCUT2D eigenvalue weighted by Crippen LogP contribution is -2.34. The molecule has 1 N–H and O–H groups in total. The van der Waals surface area contributed by atoms with Crippen LogP contribution in [0.25, 0.3) is 11.3 Å². The number of benzene rings is 1. The number of nitrogens with one attached hydrogen (secondary N) is 1. The van der Waals surface area contributed by atoms with Crippen molar-refractivity contribution in [1.29, 1.82) is 0 Å². The minimum atomic E-state index is -2.70. The number of hydrogen-bond acceptors (Lipinski definition) is 5. The number of ether oxygens (including phenoxy) is 1. The van der Waals surface area contributed by atoms with E-state index in [4.69, 9.17) is 8.85 Å². The molecule has 0 saturated heterocycles. The molecule has 1 aromatic carbocycles. The van der Waals surface area contributed by atoms with E-state index in [9.17, 15) is 14.9 Å². The van der Waals surface area contributed by atoms with E-state index in [0.717, 1.165) is 6.20 Å². The summed E-state index contributed by atoms with van der Waals surface area (Å²) in [4.78, 5) is 22.9. The molecule has 27 heavy (non-hydrogen) atoms. The van der Waals surface area contributed by atoms with Gasteiger partial charge < -0.3 is 10.1 Å². The van der Waals surface area contributed by atoms with Gasteiger partial charge in [0.1, 0.15) is 17.5 Å². The molecular weight excluding hydrogens is 348 g/mol. The Bertz CT molecular complexity index is 948. The number of carbonyl (C=O) groups excluding carboxylic acids is 1. The van der Waals surface area contributed by atoms with Gasteiger partial charge in [-0.1, -0.05) is 24.3 Å². The van der Waals surface area contributed by atoms with Gasteiger partial charge in [0, 0.05) is 16.7 Å². The Morgan fingerprint density at radius 1 is 1.56 bits per heavy atom. The van der Waals surface area contributed by atoms with Gasteiger partial charge in [-0.05, 0) is 38.8 Å². The van der Waals surface area contributed by atoms with Crippen molar-refractivity contribution in [2.75, 3.05) is 0 Å². The van der Waals surface area contributed by atoms with Gasteiger partial charge in [0.2, 0.25) is 0 Å². The number of hydrogen-bond donors (Lipinski definition) is 1. The van der Waals surface area contributed by atoms with E-state index >= 15 is 0 Å². The zero-order valence-corrected chi connectivity index (χ0v) is 15.4. The fourth-order valence-electron chi connectivity index (χ4n) is 2.54. The number of aromatic nitrogens is 2. The highest BCUT2D eigenvalue weighted by Gasteiger charge is 2.23. The van der Waals surface area contributed by atoms with E-state index in [0.29, 0.717) is 16.7 Å². The Labute approximate surface area is 162 Å². The van der Waals surface area contributed by atoms with Gasteiger partial charge in [0.15, 0.2) is 0 Å². The molecule has 1 heterocycles. The molecule has 0 spiro atoms. The second-order valence-electron chi connectivity index (χ2n) is 6.90. The van der Waals surface area contributed by atoms with Crippen LogP contribution in [0.5, 0.6) is 0 Å². The fourth-order valence-corrected chi connectivity index (χ4v) is 2.54. The van der Waals surface area contributed by atoms with Crippen LogP contribution in [-0.2, 0) is 11.7 Å². The molecule has 0 unspecified atom stereocenters. The Balaban J connectivity index is 2.48. The third kappa shape index (κ3) is 5.16. The standard InChI is InChI=1S/C19H24N4O4/c1-6-8-15(21-18(24)27-19(2,3)4)13-9-7-10-14(11-13)17-16(23(25)26)12-20-22(17)5/h6-7,9-12,15H,1,8H2,2-5H3,(H,21,24)/t15-/m0/s1/i5D3. The average molecular weight is 375 g/mol. The number of amides is 1. The van der Waals surface area contributed by atoms with Crippen molar-refractivity contribution in [1.82, 2.24) is 15.1 Å². The van der Waals surface area contributed by atoms with Gasteiger partial charge in [-0.2, -0.15) is 5.10 Å². The molecule has 8 heteroatoms. The van der Waals surface area contributed by atoms with Crippen molar-refractivity contribution >= 4 is 11.8 Å². The van der Waals surface area contributed by atoms with Crippen LogP contribution in [-0.4, -0.2) is 26.4 Å². The van der Waals surface area contributed by atoms with Crippen LogP contribution in [0.3, 0.4) is 0 Å². The van der Waals surface area contributed by atoms with Crippen molar-refractivity contribution in [2.45, 2.75) is 38.8 Å². The molecule has 1 aromatic heterocycles. The number of rotatable bonds is 6. The van der Waals surface area contributed by atoms with Gasteiger partial charge in [-0.3, -0.25) is 14.8 Å². The molecule has 0 aliphatic carbocycles. The summed E-state index contributed by atoms with van der Waals surface area (Å²) in [7, 11) is 0. The van der Waals surface area contributed by atoms with Crippen LogP contribution in [0.2, 0.25) is 0 Å². The summed E-state index contributed by atoms with van der Waals surface area (Å²) in [5.41, 5.74) is -0.365. The Hall–Kier alpha value is -3.16. The molecular formula is C19H24N4O4. The predicted octanol–water partition coefficient (Wildman–Crippen LogP) is 4.14. The van der Waals surface area contributed by atoms with Crippen LogP contribution >= 0.6 is 0 Å². The van der Waals surface area contributed by atoms with Gasteiger partial charge >= 0.3 is 11.8 Å². The van der Waals surface area contributed by atoms with Gasteiger partial charge in [-0.25, -0.2) is 4.79 Å². The smallest absolute Gasteiger partial charge is 0.408 e. The van der Waals surface area contributed by atoms with Crippen molar-refractivity contribution in [2.24, 2.45) is 6.98 Å². The van der Waals surface area contributed by atoms with Crippen LogP contribution in [0.1, 0.15) is 42.9 Å². The number of carbonyl (C=O) groups is 1. The van der Waals surface area contributed by atoms with Crippen LogP contribution in [0.15, 0.2) is 43.1 Å². The summed E-state index contributed by atoms with van der Waals surface area (Å²) in [5.74, 6) is 0. The minimum Gasteiger partial charge on any atom is -0.444 e. The average Bonchev–Trinajstić information content (AvgIpc) is 3.05. The van der Waals surface area contributed by atoms with E-state index in [2.05, 4.69) is 17.0 Å². The molecule has 8 nitrogen and oxygen atoms in total. The first kappa shape index (κ1) is 16.0. The van der Waals surface area contributed by atoms with Crippen LogP contribution < -0.4 is 5.32 Å². The quantitative estimate of drug-likeness (QED) is 0.465. The van der Waals surface area contributed by atoms with Crippen LogP contribution in [0.4, 0.5) is 10.5 Å². The lowest BCUT2D eigenvalue weighted by atomic mass is 9.99. The van der Waals surface area contributed by atoms with Crippen LogP contribution in [0, 0.1) is 10.1 Å². The normalized spacial score (nSPS) is 14.4. The highest BCUT2D eigenvalue weighted by Crippen LogP contribution is 2.31. The summed E-state index contributed by atoms with van der Waals surface area (Å²) in [6.07, 6.45) is 2.26. The predicted molar refractivity (Wildman–Crippen MR) is 102 cm³/mol. The summed E-state index contributed by atoms with van der Waals surface area (Å²) in [5, 5.41) is 17.9. The van der Waals surface area contributed by atoms with Gasteiger partial charge in [0.05, 0.1) is 11.0 Å². The molecule has 0 aliphatic heterocycles. The fraction of sp³-hybridized carbons (Fsp3) is 0.368. The van der Waals surface area contributed by atoms with Crippen molar-refractivity contribution < 1.29 is 18.6 Å². The van der Waals surface area contributed by atoms with Gasteiger partial charge in [-0.15, -0.1) is 6.58 Å². The van der Waals surface area contributed by atoms with Crippen molar-refractivity contribution in [3.05, 3.63) is 58.8 Å². The first-order valence-electron chi connectivity index (χ1n) is 9.77. The molecule has 0 radical (unpaired) electrons. The topological polar surface area (TPSA) is 99.3 Å². The second kappa shape index (κ2) is 8.03. The maximum absolute atomic E-state index is 12.2. The SMILES string of the molecule is [2H]C([2H])([2H])n1ncc([N+](=O)[O-])c1-c1cccc([C@H](CC=C)NC(=O)OC(C)(C)C)c1. The molecule has 0 fully saturated rings. The maximum Gasteiger partial charge on any atom is 0.408 e. The molecule has 0 bridgehead atoms. The molecule has 1 amide bonds. The van der Waals surface area contributed by atoms with E-state index < -0.39 is 35.3 Å². The highest BCUT2D eigenvalue weighted by molar-refractivity contribution is 5.71. The van der Waals surface area contributed by atoms with E-state index in [1.165, 1.54) is 0 Å². The Kier molecular flexibility index (Phi) is 4.77. The summed E-state index contributed by atoms with van der Waals surface area (Å²) in [6, 6.07) is 5.95. The maximum atomic E-state index is 12.2. The van der Waals surface area contributed by atoms with Gasteiger partial charge in [0.25, 0.3) is 0 Å². The molecule has 0 saturated carbocycles. The second-order valence-corrected chi connectivity index (χ2v) is 6.90. The third-order valence-electron chi connectivity index (χ3n) is 3.60. The molecule has 144 valence electrons. The highest BCUT2D eigenvalue weighted by atomic mass is 16.6. The van der Waals surface area contributed by atoms with E-state index in [1.807, 2.05) is 0 Å². The Morgan fingerprint density at radius 3 is 2.89 bits per heavy atom. The van der Waals surface area contributed by atoms with Crippen molar-refractivity contribution in [3.8, 4) is 11.3 Å². The first-order chi connectivity index (χ1) is 13.8. The first-order valence-corrected chi connectivity index (χ1v) is 8.27. The minimum absolute atomic E-state index is 0.142. The number of alkyl carbamates (subject to hydrolysis) is 1. The summed E-state index contributed by atoms with van der Waals surface area (Å²) < 4.78 is 28.8. The Morgan fingerprint density at radius 2 is 2.30 bits per heavy atom. The number of nitro groups is 1. The van der Waals surface area contributed by atoms with E-state index in [-0.39, 0.29) is 11.3 Å². The molecule has 2 rings (SSSR count). The molecule has 0 aliphatic rings.